The number of ether oxygens (including phenoxy) is 2. The van der Waals surface area contributed by atoms with E-state index in [4.69, 9.17) is 9.47 Å². The molecule has 1 aromatic carbocycles. The van der Waals surface area contributed by atoms with E-state index in [0.717, 1.165) is 17.9 Å². The van der Waals surface area contributed by atoms with Crippen molar-refractivity contribution < 1.29 is 19.1 Å². The highest BCUT2D eigenvalue weighted by molar-refractivity contribution is 5.93. The van der Waals surface area contributed by atoms with Crippen molar-refractivity contribution in [3.05, 3.63) is 42.0 Å². The maximum Gasteiger partial charge on any atom is 0.230 e. The number of nitrogens with zero attached hydrogens (tertiary/aromatic N) is 3. The molecule has 0 aliphatic carbocycles. The van der Waals surface area contributed by atoms with Crippen LogP contribution in [0.1, 0.15) is 5.56 Å². The summed E-state index contributed by atoms with van der Waals surface area (Å²) in [7, 11) is 7.40. The fraction of sp³-hybridized carbons (Fsp3) is 0.545. The molecule has 1 aromatic rings. The van der Waals surface area contributed by atoms with Crippen LogP contribution in [-0.4, -0.2) is 86.1 Å². The Hall–Kier alpha value is -2.38. The number of likely N-dealkylation sites (N-methyl/N-ethyl adjacent to an activating group) is 2. The average Bonchev–Trinajstić information content (AvgIpc) is 3.34. The van der Waals surface area contributed by atoms with Gasteiger partial charge in [0.1, 0.15) is 11.4 Å². The molecule has 0 aromatic heterocycles. The summed E-state index contributed by atoms with van der Waals surface area (Å²) in [5.74, 6) is -0.142. The maximum atomic E-state index is 13.3. The van der Waals surface area contributed by atoms with Crippen LogP contribution in [0, 0.1) is 11.8 Å². The highest BCUT2D eigenvalue weighted by Crippen LogP contribution is 2.52. The monoisotopic (exact) mass is 399 g/mol. The van der Waals surface area contributed by atoms with Crippen LogP contribution in [0.15, 0.2) is 36.4 Å². The molecular formula is C22H29N3O4. The maximum absolute atomic E-state index is 13.3. The standard InChI is InChI=1S/C22H29N3O4/c1-23(2)10-11-24(3)20(26)18-17-8-9-22(29-17)14-25(21(27)19(18)22)13-15-6-5-7-16(12-15)28-4/h5-9,12,17-19H,10-11,13-14H2,1-4H3/t17-,18-,19+,22-/m0/s1. The lowest BCUT2D eigenvalue weighted by atomic mass is 9.76. The van der Waals surface area contributed by atoms with Gasteiger partial charge in [0, 0.05) is 26.7 Å². The van der Waals surface area contributed by atoms with Crippen molar-refractivity contribution in [1.29, 1.82) is 0 Å². The van der Waals surface area contributed by atoms with Crippen molar-refractivity contribution in [2.75, 3.05) is 47.9 Å². The number of fused-ring (bicyclic) bond motifs is 1. The summed E-state index contributed by atoms with van der Waals surface area (Å²) in [6.07, 6.45) is 3.65. The molecule has 2 bridgehead atoms. The van der Waals surface area contributed by atoms with Gasteiger partial charge in [-0.3, -0.25) is 9.59 Å². The van der Waals surface area contributed by atoms with E-state index in [-0.39, 0.29) is 17.9 Å². The SMILES string of the molecule is COc1cccc(CN2C[C@]34C=C[C@H](O3)[C@H](C(=O)N(C)CCN(C)C)[C@@H]4C2=O)c1. The second-order valence-electron chi connectivity index (χ2n) is 8.51. The Labute approximate surface area is 171 Å². The van der Waals surface area contributed by atoms with Crippen LogP contribution in [0.4, 0.5) is 0 Å². The second-order valence-corrected chi connectivity index (χ2v) is 8.51. The molecular weight excluding hydrogens is 370 g/mol. The summed E-state index contributed by atoms with van der Waals surface area (Å²) in [4.78, 5) is 32.1. The van der Waals surface area contributed by atoms with E-state index in [1.165, 1.54) is 0 Å². The zero-order chi connectivity index (χ0) is 20.8. The zero-order valence-electron chi connectivity index (χ0n) is 17.5. The third-order valence-electron chi connectivity index (χ3n) is 6.23. The average molecular weight is 399 g/mol. The fourth-order valence-corrected chi connectivity index (χ4v) is 4.70. The Balaban J connectivity index is 1.52. The molecule has 2 amide bonds. The molecule has 3 aliphatic heterocycles. The summed E-state index contributed by atoms with van der Waals surface area (Å²) in [6.45, 7) is 2.36. The number of rotatable bonds is 7. The van der Waals surface area contributed by atoms with Gasteiger partial charge in [-0.05, 0) is 31.8 Å². The summed E-state index contributed by atoms with van der Waals surface area (Å²) in [6, 6.07) is 7.72. The molecule has 156 valence electrons. The molecule has 0 saturated carbocycles. The zero-order valence-corrected chi connectivity index (χ0v) is 17.5. The number of likely N-dealkylation sites (tertiary alicyclic amines) is 1. The van der Waals surface area contributed by atoms with Crippen LogP contribution >= 0.6 is 0 Å². The third kappa shape index (κ3) is 3.42. The Morgan fingerprint density at radius 1 is 1.31 bits per heavy atom. The van der Waals surface area contributed by atoms with Gasteiger partial charge in [-0.1, -0.05) is 24.3 Å². The summed E-state index contributed by atoms with van der Waals surface area (Å²) in [5, 5.41) is 0. The van der Waals surface area contributed by atoms with Crippen molar-refractivity contribution in [3.63, 3.8) is 0 Å². The third-order valence-corrected chi connectivity index (χ3v) is 6.23. The van der Waals surface area contributed by atoms with Crippen molar-refractivity contribution >= 4 is 11.8 Å². The molecule has 29 heavy (non-hydrogen) atoms. The van der Waals surface area contributed by atoms with E-state index in [0.29, 0.717) is 19.6 Å². The van der Waals surface area contributed by atoms with Gasteiger partial charge in [-0.15, -0.1) is 0 Å². The van der Waals surface area contributed by atoms with E-state index in [1.54, 1.807) is 12.0 Å². The number of carbonyl (C=O) groups excluding carboxylic acids is 2. The molecule has 0 N–H and O–H groups in total. The van der Waals surface area contributed by atoms with Crippen LogP contribution in [0.5, 0.6) is 5.75 Å². The van der Waals surface area contributed by atoms with Gasteiger partial charge in [0.15, 0.2) is 0 Å². The Bertz CT molecular complexity index is 839. The van der Waals surface area contributed by atoms with Crippen molar-refractivity contribution in [2.45, 2.75) is 18.2 Å². The summed E-state index contributed by atoms with van der Waals surface area (Å²) in [5.41, 5.74) is 0.321. The molecule has 7 nitrogen and oxygen atoms in total. The predicted octanol–water partition coefficient (Wildman–Crippen LogP) is 0.997. The lowest BCUT2D eigenvalue weighted by Gasteiger charge is -2.28. The minimum Gasteiger partial charge on any atom is -0.497 e. The van der Waals surface area contributed by atoms with Crippen molar-refractivity contribution in [2.24, 2.45) is 11.8 Å². The number of methoxy groups -OCH3 is 1. The molecule has 7 heteroatoms. The lowest BCUT2D eigenvalue weighted by Crippen LogP contribution is -2.46. The van der Waals surface area contributed by atoms with Gasteiger partial charge in [-0.25, -0.2) is 0 Å². The normalized spacial score (nSPS) is 29.6. The van der Waals surface area contributed by atoms with Crippen molar-refractivity contribution in [3.8, 4) is 5.75 Å². The van der Waals surface area contributed by atoms with Gasteiger partial charge >= 0.3 is 0 Å². The quantitative estimate of drug-likeness (QED) is 0.640. The van der Waals surface area contributed by atoms with Crippen molar-refractivity contribution in [1.82, 2.24) is 14.7 Å². The van der Waals surface area contributed by atoms with Crippen LogP contribution < -0.4 is 4.74 Å². The minimum atomic E-state index is -0.677. The first-order valence-corrected chi connectivity index (χ1v) is 10.0. The molecule has 2 saturated heterocycles. The number of benzene rings is 1. The number of hydrogen-bond donors (Lipinski definition) is 0. The van der Waals surface area contributed by atoms with E-state index in [9.17, 15) is 9.59 Å². The van der Waals surface area contributed by atoms with Gasteiger partial charge < -0.3 is 24.2 Å². The first kappa shape index (κ1) is 19.9. The Morgan fingerprint density at radius 3 is 2.83 bits per heavy atom. The highest BCUT2D eigenvalue weighted by atomic mass is 16.5. The van der Waals surface area contributed by atoms with Gasteiger partial charge in [0.2, 0.25) is 11.8 Å². The van der Waals surface area contributed by atoms with E-state index >= 15 is 0 Å². The molecule has 4 atom stereocenters. The molecule has 1 spiro atoms. The topological polar surface area (TPSA) is 62.3 Å². The van der Waals surface area contributed by atoms with Crippen LogP contribution in [0.3, 0.4) is 0 Å². The van der Waals surface area contributed by atoms with Gasteiger partial charge in [-0.2, -0.15) is 0 Å². The fourth-order valence-electron chi connectivity index (χ4n) is 4.70. The Kier molecular flexibility index (Phi) is 5.12. The minimum absolute atomic E-state index is 0.000899. The largest absolute Gasteiger partial charge is 0.497 e. The van der Waals surface area contributed by atoms with Gasteiger partial charge in [0.25, 0.3) is 0 Å². The smallest absolute Gasteiger partial charge is 0.230 e. The molecule has 3 aliphatic rings. The van der Waals surface area contributed by atoms with Crippen LogP contribution in [0.25, 0.3) is 0 Å². The van der Waals surface area contributed by atoms with Crippen LogP contribution in [-0.2, 0) is 20.9 Å². The van der Waals surface area contributed by atoms with Crippen LogP contribution in [0.2, 0.25) is 0 Å². The molecule has 4 rings (SSSR count). The first-order chi connectivity index (χ1) is 13.8. The predicted molar refractivity (Wildman–Crippen MR) is 108 cm³/mol. The summed E-state index contributed by atoms with van der Waals surface area (Å²) >= 11 is 0. The number of amides is 2. The summed E-state index contributed by atoms with van der Waals surface area (Å²) < 4.78 is 11.5. The lowest BCUT2D eigenvalue weighted by molar-refractivity contribution is -0.142. The second kappa shape index (κ2) is 7.46. The Morgan fingerprint density at radius 2 is 2.10 bits per heavy atom. The highest BCUT2D eigenvalue weighted by Gasteiger charge is 2.67. The van der Waals surface area contributed by atoms with E-state index in [2.05, 4.69) is 0 Å². The molecule has 0 radical (unpaired) electrons. The molecule has 3 heterocycles. The van der Waals surface area contributed by atoms with E-state index in [1.807, 2.05) is 67.4 Å². The number of hydrogen-bond acceptors (Lipinski definition) is 5. The molecule has 2 fully saturated rings. The van der Waals surface area contributed by atoms with Gasteiger partial charge in [0.05, 0.1) is 31.6 Å². The first-order valence-electron chi connectivity index (χ1n) is 10.0. The van der Waals surface area contributed by atoms with E-state index < -0.39 is 17.4 Å². The number of carbonyl (C=O) groups is 2. The molecule has 0 unspecified atom stereocenters.